The molecule has 122 valence electrons. The molecule has 0 spiro atoms. The average molecular weight is 307 g/mol. The van der Waals surface area contributed by atoms with E-state index in [1.165, 1.54) is 0 Å². The van der Waals surface area contributed by atoms with Crippen LogP contribution in [0, 0.1) is 0 Å². The Kier molecular flexibility index (Phi) is 8.17. The van der Waals surface area contributed by atoms with Crippen LogP contribution in [-0.2, 0) is 16.0 Å². The zero-order chi connectivity index (χ0) is 16.4. The average Bonchev–Trinajstić information content (AvgIpc) is 2.50. The predicted octanol–water partition coefficient (Wildman–Crippen LogP) is 0.645. The van der Waals surface area contributed by atoms with Crippen molar-refractivity contribution < 1.29 is 14.7 Å². The zero-order valence-corrected chi connectivity index (χ0v) is 12.7. The number of carboxylic acid groups (broad SMARTS) is 1. The highest BCUT2D eigenvalue weighted by molar-refractivity contribution is 5.86. The van der Waals surface area contributed by atoms with E-state index in [1.807, 2.05) is 30.3 Å². The van der Waals surface area contributed by atoms with Gasteiger partial charge in [-0.2, -0.15) is 0 Å². The lowest BCUT2D eigenvalue weighted by atomic mass is 10.0. The van der Waals surface area contributed by atoms with Gasteiger partial charge in [0.05, 0.1) is 6.04 Å². The van der Waals surface area contributed by atoms with Crippen LogP contribution in [0.1, 0.15) is 31.2 Å². The number of carbonyl (C=O) groups excluding carboxylic acids is 1. The van der Waals surface area contributed by atoms with E-state index in [0.29, 0.717) is 25.8 Å². The van der Waals surface area contributed by atoms with Crippen molar-refractivity contribution in [3.63, 3.8) is 0 Å². The van der Waals surface area contributed by atoms with Crippen molar-refractivity contribution in [1.29, 1.82) is 0 Å². The largest absolute Gasteiger partial charge is 0.480 e. The van der Waals surface area contributed by atoms with Gasteiger partial charge in [-0.05, 0) is 31.4 Å². The minimum Gasteiger partial charge on any atom is -0.480 e. The Hall–Kier alpha value is -1.92. The van der Waals surface area contributed by atoms with Crippen LogP contribution in [0.25, 0.3) is 0 Å². The van der Waals surface area contributed by atoms with Crippen molar-refractivity contribution in [1.82, 2.24) is 5.32 Å². The summed E-state index contributed by atoms with van der Waals surface area (Å²) in [7, 11) is 0. The fourth-order valence-corrected chi connectivity index (χ4v) is 2.17. The maximum absolute atomic E-state index is 12.0. The summed E-state index contributed by atoms with van der Waals surface area (Å²) in [5, 5.41) is 11.7. The molecule has 1 aromatic rings. The van der Waals surface area contributed by atoms with Gasteiger partial charge in [-0.1, -0.05) is 43.2 Å². The Morgan fingerprint density at radius 2 is 1.82 bits per heavy atom. The van der Waals surface area contributed by atoms with E-state index in [4.69, 9.17) is 16.6 Å². The van der Waals surface area contributed by atoms with Crippen molar-refractivity contribution in [3.8, 4) is 0 Å². The molecule has 0 aliphatic heterocycles. The summed E-state index contributed by atoms with van der Waals surface area (Å²) in [6.45, 7) is 0.589. The van der Waals surface area contributed by atoms with Gasteiger partial charge in [0.15, 0.2) is 0 Å². The number of carboxylic acids is 1. The monoisotopic (exact) mass is 307 g/mol. The number of benzene rings is 1. The number of hydrogen-bond donors (Lipinski definition) is 4. The molecule has 0 aliphatic carbocycles. The summed E-state index contributed by atoms with van der Waals surface area (Å²) < 4.78 is 0. The highest BCUT2D eigenvalue weighted by Crippen LogP contribution is 2.06. The molecule has 0 fully saturated rings. The van der Waals surface area contributed by atoms with Crippen molar-refractivity contribution in [2.24, 2.45) is 11.5 Å². The molecule has 0 saturated carbocycles. The highest BCUT2D eigenvalue weighted by Gasteiger charge is 2.22. The summed E-state index contributed by atoms with van der Waals surface area (Å²) in [5.41, 5.74) is 12.2. The van der Waals surface area contributed by atoms with Crippen LogP contribution in [0.5, 0.6) is 0 Å². The lowest BCUT2D eigenvalue weighted by Crippen LogP contribution is -2.49. The molecule has 0 heterocycles. The molecule has 0 bridgehead atoms. The fraction of sp³-hybridized carbons (Fsp3) is 0.500. The Morgan fingerprint density at radius 1 is 1.14 bits per heavy atom. The van der Waals surface area contributed by atoms with Crippen molar-refractivity contribution in [2.45, 2.75) is 44.2 Å². The number of amides is 1. The van der Waals surface area contributed by atoms with Gasteiger partial charge in [-0.15, -0.1) is 0 Å². The van der Waals surface area contributed by atoms with Gasteiger partial charge in [0.1, 0.15) is 6.04 Å². The smallest absolute Gasteiger partial charge is 0.326 e. The molecular weight excluding hydrogens is 282 g/mol. The normalized spacial score (nSPS) is 13.4. The molecular formula is C16H25N3O3. The minimum absolute atomic E-state index is 0.381. The van der Waals surface area contributed by atoms with Gasteiger partial charge in [-0.25, -0.2) is 4.79 Å². The molecule has 0 saturated heterocycles. The van der Waals surface area contributed by atoms with Crippen molar-refractivity contribution >= 4 is 11.9 Å². The van der Waals surface area contributed by atoms with Gasteiger partial charge in [0, 0.05) is 0 Å². The minimum atomic E-state index is -1.03. The van der Waals surface area contributed by atoms with Crippen LogP contribution in [0.15, 0.2) is 30.3 Å². The van der Waals surface area contributed by atoms with E-state index in [-0.39, 0.29) is 0 Å². The number of nitrogens with two attached hydrogens (primary N) is 2. The second-order valence-corrected chi connectivity index (χ2v) is 5.33. The van der Waals surface area contributed by atoms with E-state index in [1.54, 1.807) is 0 Å². The van der Waals surface area contributed by atoms with Gasteiger partial charge in [-0.3, -0.25) is 4.79 Å². The van der Waals surface area contributed by atoms with Crippen LogP contribution >= 0.6 is 0 Å². The van der Waals surface area contributed by atoms with E-state index >= 15 is 0 Å². The molecule has 0 radical (unpaired) electrons. The zero-order valence-electron chi connectivity index (χ0n) is 12.7. The van der Waals surface area contributed by atoms with Crippen LogP contribution in [0.4, 0.5) is 0 Å². The maximum Gasteiger partial charge on any atom is 0.326 e. The number of carbonyl (C=O) groups is 2. The Morgan fingerprint density at radius 3 is 2.41 bits per heavy atom. The van der Waals surface area contributed by atoms with Gasteiger partial charge < -0.3 is 21.9 Å². The first-order chi connectivity index (χ1) is 10.5. The predicted molar refractivity (Wildman–Crippen MR) is 85.2 cm³/mol. The Bertz CT molecular complexity index is 465. The molecule has 6 nitrogen and oxygen atoms in total. The maximum atomic E-state index is 12.0. The standard InChI is InChI=1S/C16H25N3O3/c17-10-6-2-5-9-14(16(21)22)19-15(20)13(18)11-12-7-3-1-4-8-12/h1,3-4,7-8,13-14H,2,5-6,9-11,17-18H2,(H,19,20)(H,21,22)/t13-,14-/m0/s1. The lowest BCUT2D eigenvalue weighted by Gasteiger charge is -2.18. The molecule has 0 unspecified atom stereocenters. The molecule has 22 heavy (non-hydrogen) atoms. The van der Waals surface area contributed by atoms with Crippen molar-refractivity contribution in [3.05, 3.63) is 35.9 Å². The lowest BCUT2D eigenvalue weighted by molar-refractivity contribution is -0.142. The highest BCUT2D eigenvalue weighted by atomic mass is 16.4. The molecule has 1 amide bonds. The molecule has 6 heteroatoms. The third-order valence-corrected chi connectivity index (χ3v) is 3.45. The quantitative estimate of drug-likeness (QED) is 0.473. The summed E-state index contributed by atoms with van der Waals surface area (Å²) in [4.78, 5) is 23.2. The van der Waals surface area contributed by atoms with Crippen LogP contribution < -0.4 is 16.8 Å². The second kappa shape index (κ2) is 9.92. The topological polar surface area (TPSA) is 118 Å². The van der Waals surface area contributed by atoms with E-state index in [0.717, 1.165) is 18.4 Å². The van der Waals surface area contributed by atoms with Crippen LogP contribution in [-0.4, -0.2) is 35.6 Å². The van der Waals surface area contributed by atoms with Crippen LogP contribution in [0.3, 0.4) is 0 Å². The third kappa shape index (κ3) is 6.69. The number of rotatable bonds is 10. The number of aliphatic carboxylic acids is 1. The molecule has 0 aliphatic rings. The molecule has 1 rings (SSSR count). The van der Waals surface area contributed by atoms with E-state index < -0.39 is 24.0 Å². The first kappa shape index (κ1) is 18.1. The van der Waals surface area contributed by atoms with Crippen LogP contribution in [0.2, 0.25) is 0 Å². The summed E-state index contributed by atoms with van der Waals surface area (Å²) in [5.74, 6) is -1.47. The Labute approximate surface area is 130 Å². The van der Waals surface area contributed by atoms with E-state index in [2.05, 4.69) is 5.32 Å². The number of hydrogen-bond acceptors (Lipinski definition) is 4. The van der Waals surface area contributed by atoms with Gasteiger partial charge in [0.2, 0.25) is 5.91 Å². The number of unbranched alkanes of at least 4 members (excludes halogenated alkanes) is 2. The molecule has 6 N–H and O–H groups in total. The Balaban J connectivity index is 2.46. The second-order valence-electron chi connectivity index (χ2n) is 5.33. The van der Waals surface area contributed by atoms with E-state index in [9.17, 15) is 9.59 Å². The van der Waals surface area contributed by atoms with Gasteiger partial charge >= 0.3 is 5.97 Å². The SMILES string of the molecule is NCCCCC[C@H](NC(=O)[C@@H](N)Cc1ccccc1)C(=O)O. The molecule has 0 aromatic heterocycles. The molecule has 1 aromatic carbocycles. The summed E-state index contributed by atoms with van der Waals surface area (Å²) in [6, 6.07) is 7.75. The third-order valence-electron chi connectivity index (χ3n) is 3.45. The van der Waals surface area contributed by atoms with Crippen molar-refractivity contribution in [2.75, 3.05) is 6.54 Å². The first-order valence-corrected chi connectivity index (χ1v) is 7.57. The molecule has 2 atom stereocenters. The number of nitrogens with one attached hydrogen (secondary N) is 1. The van der Waals surface area contributed by atoms with Gasteiger partial charge in [0.25, 0.3) is 0 Å². The first-order valence-electron chi connectivity index (χ1n) is 7.57. The summed E-state index contributed by atoms with van der Waals surface area (Å²) >= 11 is 0. The fourth-order valence-electron chi connectivity index (χ4n) is 2.17. The summed E-state index contributed by atoms with van der Waals surface area (Å²) in [6.07, 6.45) is 3.19.